The fourth-order valence-electron chi connectivity index (χ4n) is 2.83. The predicted octanol–water partition coefficient (Wildman–Crippen LogP) is 4.93. The van der Waals surface area contributed by atoms with Crippen molar-refractivity contribution in [2.45, 2.75) is 45.4 Å². The number of hydrogen-bond donors (Lipinski definition) is 1. The van der Waals surface area contributed by atoms with Crippen LogP contribution in [0, 0.1) is 0 Å². The number of carbonyl (C=O) groups excluding carboxylic acids is 2. The van der Waals surface area contributed by atoms with Crippen molar-refractivity contribution in [2.24, 2.45) is 5.73 Å². The van der Waals surface area contributed by atoms with E-state index in [1.54, 1.807) is 6.07 Å². The number of rotatable bonds is 9. The van der Waals surface area contributed by atoms with Crippen LogP contribution in [0.1, 0.15) is 63.6 Å². The Labute approximate surface area is 161 Å². The first-order valence-electron chi connectivity index (χ1n) is 8.97. The lowest BCUT2D eigenvalue weighted by molar-refractivity contribution is -0.137. The second-order valence-corrected chi connectivity index (χ2v) is 6.48. The van der Waals surface area contributed by atoms with Gasteiger partial charge >= 0.3 is 6.18 Å². The molecule has 150 valence electrons. The van der Waals surface area contributed by atoms with E-state index in [0.717, 1.165) is 31.4 Å². The molecule has 0 spiro atoms. The van der Waals surface area contributed by atoms with Gasteiger partial charge in [-0.15, -0.1) is 0 Å². The summed E-state index contributed by atoms with van der Waals surface area (Å²) < 4.78 is 43.8. The molecule has 0 atom stereocenters. The Bertz CT molecular complexity index is 830. The molecule has 28 heavy (non-hydrogen) atoms. The van der Waals surface area contributed by atoms with Crippen LogP contribution in [0.2, 0.25) is 0 Å². The topological polar surface area (TPSA) is 69.4 Å². The lowest BCUT2D eigenvalue weighted by Gasteiger charge is -2.16. The maximum absolute atomic E-state index is 12.7. The SMILES string of the molecule is CCCCCc1cc(C=O)cc(C(N)=O)c1OCc1ccc(C(F)(F)F)cc1. The quantitative estimate of drug-likeness (QED) is 0.485. The van der Waals surface area contributed by atoms with Crippen LogP contribution in [0.25, 0.3) is 0 Å². The zero-order valence-electron chi connectivity index (χ0n) is 15.5. The van der Waals surface area contributed by atoms with Gasteiger partial charge in [0.15, 0.2) is 0 Å². The van der Waals surface area contributed by atoms with E-state index in [1.165, 1.54) is 18.2 Å². The molecule has 7 heteroatoms. The molecule has 0 aliphatic heterocycles. The second kappa shape index (κ2) is 9.39. The molecular formula is C21H22F3NO3. The standard InChI is InChI=1S/C21H22F3NO3/c1-2-3-4-5-16-10-15(12-26)11-18(20(25)27)19(16)28-13-14-6-8-17(9-7-14)21(22,23)24/h6-12H,2-5,13H2,1H3,(H2,25,27). The van der Waals surface area contributed by atoms with Crippen molar-refractivity contribution in [3.8, 4) is 5.75 Å². The molecule has 2 rings (SSSR count). The molecule has 2 N–H and O–H groups in total. The summed E-state index contributed by atoms with van der Waals surface area (Å²) in [4.78, 5) is 23.0. The van der Waals surface area contributed by atoms with Crippen molar-refractivity contribution < 1.29 is 27.5 Å². The second-order valence-electron chi connectivity index (χ2n) is 6.48. The number of halogens is 3. The first kappa shape index (κ1) is 21.5. The van der Waals surface area contributed by atoms with Crippen LogP contribution >= 0.6 is 0 Å². The molecule has 4 nitrogen and oxygen atoms in total. The van der Waals surface area contributed by atoms with Crippen LogP contribution in [0.15, 0.2) is 36.4 Å². The molecule has 2 aromatic carbocycles. The molecule has 0 bridgehead atoms. The highest BCUT2D eigenvalue weighted by atomic mass is 19.4. The van der Waals surface area contributed by atoms with Gasteiger partial charge in [0.1, 0.15) is 18.6 Å². The van der Waals surface area contributed by atoms with E-state index in [0.29, 0.717) is 29.4 Å². The summed E-state index contributed by atoms with van der Waals surface area (Å²) in [6, 6.07) is 7.61. The number of nitrogens with two attached hydrogens (primary N) is 1. The minimum absolute atomic E-state index is 0.0281. The Kier molecular flexibility index (Phi) is 7.20. The van der Waals surface area contributed by atoms with E-state index in [-0.39, 0.29) is 17.9 Å². The Hall–Kier alpha value is -2.83. The fraction of sp³-hybridized carbons (Fsp3) is 0.333. The number of primary amides is 1. The van der Waals surface area contributed by atoms with Crippen molar-refractivity contribution in [1.82, 2.24) is 0 Å². The Morgan fingerprint density at radius 3 is 2.36 bits per heavy atom. The van der Waals surface area contributed by atoms with Gasteiger partial charge in [-0.1, -0.05) is 31.9 Å². The molecule has 1 amide bonds. The predicted molar refractivity (Wildman–Crippen MR) is 99.4 cm³/mol. The van der Waals surface area contributed by atoms with Crippen molar-refractivity contribution in [2.75, 3.05) is 0 Å². The number of benzene rings is 2. The maximum Gasteiger partial charge on any atom is 0.416 e. The normalized spacial score (nSPS) is 11.3. The number of unbranched alkanes of at least 4 members (excludes halogenated alkanes) is 2. The molecule has 0 aliphatic rings. The number of alkyl halides is 3. The summed E-state index contributed by atoms with van der Waals surface area (Å²) in [6.45, 7) is 2.03. The average Bonchev–Trinajstić information content (AvgIpc) is 2.66. The highest BCUT2D eigenvalue weighted by Crippen LogP contribution is 2.31. The van der Waals surface area contributed by atoms with E-state index >= 15 is 0 Å². The average molecular weight is 393 g/mol. The molecule has 0 heterocycles. The van der Waals surface area contributed by atoms with E-state index in [1.807, 2.05) is 0 Å². The number of aryl methyl sites for hydroxylation is 1. The smallest absolute Gasteiger partial charge is 0.416 e. The molecule has 0 aliphatic carbocycles. The van der Waals surface area contributed by atoms with E-state index < -0.39 is 17.6 Å². The first-order chi connectivity index (χ1) is 13.3. The molecular weight excluding hydrogens is 371 g/mol. The summed E-state index contributed by atoms with van der Waals surface area (Å²) in [5, 5.41) is 0. The third kappa shape index (κ3) is 5.58. The highest BCUT2D eigenvalue weighted by Gasteiger charge is 2.30. The molecule has 0 radical (unpaired) electrons. The Morgan fingerprint density at radius 1 is 1.14 bits per heavy atom. The van der Waals surface area contributed by atoms with Crippen LogP contribution in [0.4, 0.5) is 13.2 Å². The zero-order chi connectivity index (χ0) is 20.7. The van der Waals surface area contributed by atoms with Crippen molar-refractivity contribution in [3.63, 3.8) is 0 Å². The monoisotopic (exact) mass is 393 g/mol. The lowest BCUT2D eigenvalue weighted by Crippen LogP contribution is -2.15. The van der Waals surface area contributed by atoms with Crippen molar-refractivity contribution >= 4 is 12.2 Å². The highest BCUT2D eigenvalue weighted by molar-refractivity contribution is 5.98. The molecule has 2 aromatic rings. The number of aldehydes is 1. The molecule has 0 aromatic heterocycles. The van der Waals surface area contributed by atoms with E-state index in [4.69, 9.17) is 10.5 Å². The summed E-state index contributed by atoms with van der Waals surface area (Å²) in [5.41, 5.74) is 6.30. The molecule has 0 saturated carbocycles. The van der Waals surface area contributed by atoms with Crippen LogP contribution in [0.3, 0.4) is 0 Å². The van der Waals surface area contributed by atoms with Gasteiger partial charge in [0.05, 0.1) is 11.1 Å². The number of ether oxygens (including phenoxy) is 1. The summed E-state index contributed by atoms with van der Waals surface area (Å²) in [6.07, 6.45) is -0.371. The Morgan fingerprint density at radius 2 is 1.82 bits per heavy atom. The Balaban J connectivity index is 2.28. The third-order valence-corrected chi connectivity index (χ3v) is 4.30. The van der Waals surface area contributed by atoms with Gasteiger partial charge in [0.2, 0.25) is 0 Å². The van der Waals surface area contributed by atoms with Crippen LogP contribution in [-0.2, 0) is 19.2 Å². The van der Waals surface area contributed by atoms with Gasteiger partial charge in [-0.05, 0) is 48.2 Å². The van der Waals surface area contributed by atoms with Gasteiger partial charge < -0.3 is 10.5 Å². The minimum Gasteiger partial charge on any atom is -0.488 e. The largest absolute Gasteiger partial charge is 0.488 e. The van der Waals surface area contributed by atoms with Gasteiger partial charge in [0.25, 0.3) is 5.91 Å². The summed E-state index contributed by atoms with van der Waals surface area (Å²) >= 11 is 0. The number of amides is 1. The van der Waals surface area contributed by atoms with Gasteiger partial charge in [-0.25, -0.2) is 0 Å². The maximum atomic E-state index is 12.7. The summed E-state index contributed by atoms with van der Waals surface area (Å²) in [5.74, 6) is -0.461. The van der Waals surface area contributed by atoms with Crippen molar-refractivity contribution in [1.29, 1.82) is 0 Å². The van der Waals surface area contributed by atoms with Crippen LogP contribution < -0.4 is 10.5 Å². The zero-order valence-corrected chi connectivity index (χ0v) is 15.5. The first-order valence-corrected chi connectivity index (χ1v) is 8.97. The molecule has 0 fully saturated rings. The van der Waals surface area contributed by atoms with E-state index in [9.17, 15) is 22.8 Å². The summed E-state index contributed by atoms with van der Waals surface area (Å²) in [7, 11) is 0. The van der Waals surface area contributed by atoms with Crippen LogP contribution in [-0.4, -0.2) is 12.2 Å². The van der Waals surface area contributed by atoms with Crippen LogP contribution in [0.5, 0.6) is 5.75 Å². The molecule has 0 saturated heterocycles. The molecule has 0 unspecified atom stereocenters. The van der Waals surface area contributed by atoms with Crippen molar-refractivity contribution in [3.05, 3.63) is 64.2 Å². The minimum atomic E-state index is -4.41. The van der Waals surface area contributed by atoms with Gasteiger partial charge in [-0.3, -0.25) is 9.59 Å². The third-order valence-electron chi connectivity index (χ3n) is 4.30. The lowest BCUT2D eigenvalue weighted by atomic mass is 9.99. The number of carbonyl (C=O) groups is 2. The number of hydrogen-bond acceptors (Lipinski definition) is 3. The van der Waals surface area contributed by atoms with Gasteiger partial charge in [-0.2, -0.15) is 13.2 Å². The van der Waals surface area contributed by atoms with E-state index in [2.05, 4.69) is 6.92 Å². The van der Waals surface area contributed by atoms with Gasteiger partial charge in [0, 0.05) is 5.56 Å². The fourth-order valence-corrected chi connectivity index (χ4v) is 2.83.